The summed E-state index contributed by atoms with van der Waals surface area (Å²) in [6.07, 6.45) is 0.880. The summed E-state index contributed by atoms with van der Waals surface area (Å²) in [5, 5.41) is 8.62. The number of hydrogen-bond acceptors (Lipinski definition) is 5. The summed E-state index contributed by atoms with van der Waals surface area (Å²) < 4.78 is 12.4. The van der Waals surface area contributed by atoms with Crippen molar-refractivity contribution in [3.8, 4) is 11.5 Å². The Morgan fingerprint density at radius 2 is 1.90 bits per heavy atom. The van der Waals surface area contributed by atoms with E-state index in [4.69, 9.17) is 14.5 Å². The van der Waals surface area contributed by atoms with Crippen molar-refractivity contribution in [2.75, 3.05) is 19.5 Å². The van der Waals surface area contributed by atoms with Gasteiger partial charge in [0, 0.05) is 29.3 Å². The zero-order valence-electron chi connectivity index (χ0n) is 17.5. The Balaban J connectivity index is 1.56. The molecule has 2 heterocycles. The number of benzene rings is 2. The van der Waals surface area contributed by atoms with Crippen molar-refractivity contribution in [3.05, 3.63) is 59.4 Å². The lowest BCUT2D eigenvalue weighted by molar-refractivity contribution is -0.116. The molecule has 0 saturated heterocycles. The maximum atomic E-state index is 12.6. The van der Waals surface area contributed by atoms with Gasteiger partial charge in [0.15, 0.2) is 5.65 Å². The van der Waals surface area contributed by atoms with Crippen LogP contribution >= 0.6 is 0 Å². The molecule has 0 atom stereocenters. The predicted molar refractivity (Wildman–Crippen MR) is 116 cm³/mol. The highest BCUT2D eigenvalue weighted by molar-refractivity contribution is 5.93. The molecule has 2 aromatic carbocycles. The molecule has 0 aliphatic carbocycles. The van der Waals surface area contributed by atoms with Crippen LogP contribution in [-0.4, -0.2) is 34.7 Å². The summed E-state index contributed by atoms with van der Waals surface area (Å²) in [6, 6.07) is 13.3. The number of carbonyl (C=O) groups is 1. The fraction of sp³-hybridized carbons (Fsp3) is 0.261. The molecule has 0 radical (unpaired) electrons. The Hall–Kier alpha value is -3.61. The minimum Gasteiger partial charge on any atom is -0.497 e. The van der Waals surface area contributed by atoms with E-state index in [1.165, 1.54) is 0 Å². The number of methoxy groups -OCH3 is 2. The molecular formula is C23H24N4O3. The Morgan fingerprint density at radius 1 is 1.10 bits per heavy atom. The Labute approximate surface area is 174 Å². The lowest BCUT2D eigenvalue weighted by Gasteiger charge is -2.13. The van der Waals surface area contributed by atoms with Gasteiger partial charge in [-0.05, 0) is 50.1 Å². The van der Waals surface area contributed by atoms with E-state index in [-0.39, 0.29) is 5.91 Å². The van der Waals surface area contributed by atoms with Crippen LogP contribution in [0, 0.1) is 13.8 Å². The van der Waals surface area contributed by atoms with Crippen LogP contribution in [-0.2, 0) is 11.2 Å². The SMILES string of the molecule is COc1ccc(OC)c(NC(=O)CCc2c(C)nc3c4ccccc4nn3c2C)c1. The zero-order valence-corrected chi connectivity index (χ0v) is 17.5. The molecule has 0 unspecified atom stereocenters. The van der Waals surface area contributed by atoms with Gasteiger partial charge in [0.2, 0.25) is 5.91 Å². The van der Waals surface area contributed by atoms with Gasteiger partial charge in [-0.15, -0.1) is 0 Å². The first kappa shape index (κ1) is 19.7. The van der Waals surface area contributed by atoms with Gasteiger partial charge < -0.3 is 14.8 Å². The third-order valence-electron chi connectivity index (χ3n) is 5.30. The number of nitrogens with one attached hydrogen (secondary N) is 1. The number of amides is 1. The van der Waals surface area contributed by atoms with Crippen molar-refractivity contribution in [2.45, 2.75) is 26.7 Å². The molecule has 4 rings (SSSR count). The second-order valence-corrected chi connectivity index (χ2v) is 7.13. The highest BCUT2D eigenvalue weighted by Crippen LogP contribution is 2.29. The van der Waals surface area contributed by atoms with Crippen LogP contribution in [0.5, 0.6) is 11.5 Å². The number of anilines is 1. The summed E-state index contributed by atoms with van der Waals surface area (Å²) in [5.41, 5.74) is 5.28. The zero-order chi connectivity index (χ0) is 21.3. The number of nitrogens with zero attached hydrogens (tertiary/aromatic N) is 3. The first-order valence-electron chi connectivity index (χ1n) is 9.77. The van der Waals surface area contributed by atoms with E-state index in [9.17, 15) is 4.79 Å². The van der Waals surface area contributed by atoms with E-state index in [0.717, 1.165) is 33.5 Å². The molecular weight excluding hydrogens is 380 g/mol. The molecule has 4 aromatic rings. The van der Waals surface area contributed by atoms with E-state index in [1.807, 2.05) is 42.6 Å². The normalized spacial score (nSPS) is 11.1. The molecule has 0 saturated carbocycles. The molecule has 0 aliphatic rings. The van der Waals surface area contributed by atoms with Crippen LogP contribution in [0.4, 0.5) is 5.69 Å². The lowest BCUT2D eigenvalue weighted by Crippen LogP contribution is -2.15. The van der Waals surface area contributed by atoms with Gasteiger partial charge >= 0.3 is 0 Å². The van der Waals surface area contributed by atoms with Crippen LogP contribution in [0.2, 0.25) is 0 Å². The van der Waals surface area contributed by atoms with Crippen molar-refractivity contribution in [1.82, 2.24) is 14.6 Å². The largest absolute Gasteiger partial charge is 0.497 e. The molecule has 7 nitrogen and oxygen atoms in total. The summed E-state index contributed by atoms with van der Waals surface area (Å²) in [4.78, 5) is 17.4. The summed E-state index contributed by atoms with van der Waals surface area (Å²) >= 11 is 0. The van der Waals surface area contributed by atoms with Gasteiger partial charge in [0.25, 0.3) is 0 Å². The molecule has 1 N–H and O–H groups in total. The molecule has 0 spiro atoms. The molecule has 2 aromatic heterocycles. The third-order valence-corrected chi connectivity index (χ3v) is 5.30. The van der Waals surface area contributed by atoms with Gasteiger partial charge in [0.1, 0.15) is 11.5 Å². The number of aromatic nitrogens is 3. The summed E-state index contributed by atoms with van der Waals surface area (Å²) in [6.45, 7) is 4.00. The van der Waals surface area contributed by atoms with Gasteiger partial charge in [-0.2, -0.15) is 5.10 Å². The minimum atomic E-state index is -0.105. The topological polar surface area (TPSA) is 77.8 Å². The number of hydrogen-bond donors (Lipinski definition) is 1. The fourth-order valence-corrected chi connectivity index (χ4v) is 3.70. The van der Waals surface area contributed by atoms with Gasteiger partial charge in [-0.1, -0.05) is 12.1 Å². The van der Waals surface area contributed by atoms with Crippen molar-refractivity contribution in [3.63, 3.8) is 0 Å². The van der Waals surface area contributed by atoms with E-state index < -0.39 is 0 Å². The number of aryl methyl sites for hydroxylation is 2. The maximum Gasteiger partial charge on any atom is 0.224 e. The Morgan fingerprint density at radius 3 is 2.67 bits per heavy atom. The van der Waals surface area contributed by atoms with Crippen LogP contribution in [0.25, 0.3) is 16.6 Å². The molecule has 0 fully saturated rings. The smallest absolute Gasteiger partial charge is 0.224 e. The second kappa shape index (κ2) is 8.02. The molecule has 154 valence electrons. The predicted octanol–water partition coefficient (Wildman–Crippen LogP) is 4.09. The minimum absolute atomic E-state index is 0.105. The van der Waals surface area contributed by atoms with Crippen molar-refractivity contribution < 1.29 is 14.3 Å². The molecule has 30 heavy (non-hydrogen) atoms. The van der Waals surface area contributed by atoms with Gasteiger partial charge in [0.05, 0.1) is 25.4 Å². The second-order valence-electron chi connectivity index (χ2n) is 7.13. The van der Waals surface area contributed by atoms with Crippen LogP contribution < -0.4 is 14.8 Å². The summed E-state index contributed by atoms with van der Waals surface area (Å²) in [7, 11) is 3.15. The average Bonchev–Trinajstić information content (AvgIpc) is 3.12. The quantitative estimate of drug-likeness (QED) is 0.524. The van der Waals surface area contributed by atoms with Crippen LogP contribution in [0.1, 0.15) is 23.4 Å². The Kier molecular flexibility index (Phi) is 5.27. The van der Waals surface area contributed by atoms with Crippen LogP contribution in [0.3, 0.4) is 0 Å². The van der Waals surface area contributed by atoms with Crippen molar-refractivity contribution in [1.29, 1.82) is 0 Å². The Bertz CT molecular complexity index is 1250. The van der Waals surface area contributed by atoms with Crippen LogP contribution in [0.15, 0.2) is 42.5 Å². The van der Waals surface area contributed by atoms with Crippen molar-refractivity contribution >= 4 is 28.1 Å². The molecule has 0 aliphatic heterocycles. The highest BCUT2D eigenvalue weighted by atomic mass is 16.5. The first-order chi connectivity index (χ1) is 14.5. The first-order valence-corrected chi connectivity index (χ1v) is 9.77. The number of fused-ring (bicyclic) bond motifs is 3. The lowest BCUT2D eigenvalue weighted by atomic mass is 10.1. The number of carbonyl (C=O) groups excluding carboxylic acids is 1. The molecule has 7 heteroatoms. The van der Waals surface area contributed by atoms with Gasteiger partial charge in [-0.25, -0.2) is 9.50 Å². The molecule has 1 amide bonds. The summed E-state index contributed by atoms with van der Waals surface area (Å²) in [5.74, 6) is 1.13. The monoisotopic (exact) mass is 404 g/mol. The number of rotatable bonds is 6. The fourth-order valence-electron chi connectivity index (χ4n) is 3.70. The maximum absolute atomic E-state index is 12.6. The van der Waals surface area contributed by atoms with E-state index >= 15 is 0 Å². The average molecular weight is 404 g/mol. The van der Waals surface area contributed by atoms with E-state index in [1.54, 1.807) is 32.4 Å². The number of ether oxygens (including phenoxy) is 2. The van der Waals surface area contributed by atoms with E-state index in [0.29, 0.717) is 30.0 Å². The highest BCUT2D eigenvalue weighted by Gasteiger charge is 2.16. The standard InChI is InChI=1S/C23H24N4O3/c1-14-17(15(2)27-23(24-14)18-7-5-6-8-19(18)26-27)10-12-22(28)25-20-13-16(29-3)9-11-21(20)30-4/h5-9,11,13H,10,12H2,1-4H3,(H,25,28). The third kappa shape index (κ3) is 3.54. The van der Waals surface area contributed by atoms with Gasteiger partial charge in [-0.3, -0.25) is 4.79 Å². The van der Waals surface area contributed by atoms with E-state index in [2.05, 4.69) is 10.4 Å². The molecule has 0 bridgehead atoms. The van der Waals surface area contributed by atoms with Crippen molar-refractivity contribution in [2.24, 2.45) is 0 Å².